The fourth-order valence-electron chi connectivity index (χ4n) is 9.28. The Labute approximate surface area is 406 Å². The summed E-state index contributed by atoms with van der Waals surface area (Å²) < 4.78 is 5.49. The molecule has 0 fully saturated rings. The van der Waals surface area contributed by atoms with E-state index in [1.807, 2.05) is 6.08 Å². The number of hydrogen-bond acceptors (Lipinski definition) is 5. The van der Waals surface area contributed by atoms with Gasteiger partial charge in [-0.1, -0.05) is 296 Å². The SMILES string of the molecule is CCCCCCCCCCCC/C=C/C(O)C(CO)NC(=O)CCCCCCCCCCCCCCCCCCCCCCCOC(=O)CCCCCCCCCCCCCCCCC. The van der Waals surface area contributed by atoms with Gasteiger partial charge in [0.1, 0.15) is 0 Å². The second-order valence-corrected chi connectivity index (χ2v) is 20.3. The Morgan fingerprint density at radius 3 is 1.05 bits per heavy atom. The van der Waals surface area contributed by atoms with Gasteiger partial charge in [-0.25, -0.2) is 0 Å². The van der Waals surface area contributed by atoms with Gasteiger partial charge in [-0.05, 0) is 32.1 Å². The lowest BCUT2D eigenvalue weighted by atomic mass is 10.0. The lowest BCUT2D eigenvalue weighted by Gasteiger charge is -2.20. The molecule has 3 N–H and O–H groups in total. The summed E-state index contributed by atoms with van der Waals surface area (Å²) in [5.74, 6) is -0.0537. The van der Waals surface area contributed by atoms with Gasteiger partial charge in [0, 0.05) is 12.8 Å². The molecule has 0 aromatic carbocycles. The molecule has 0 aliphatic rings. The van der Waals surface area contributed by atoms with E-state index in [1.54, 1.807) is 6.08 Å². The summed E-state index contributed by atoms with van der Waals surface area (Å²) in [5, 5.41) is 23.0. The fraction of sp³-hybridized carbons (Fsp3) is 0.932. The van der Waals surface area contributed by atoms with Crippen LogP contribution in [0.5, 0.6) is 0 Å². The number of carbonyl (C=O) groups excluding carboxylic acids is 2. The lowest BCUT2D eigenvalue weighted by molar-refractivity contribution is -0.143. The molecule has 0 saturated carbocycles. The van der Waals surface area contributed by atoms with Gasteiger partial charge in [0.05, 0.1) is 25.4 Å². The van der Waals surface area contributed by atoms with Crippen LogP contribution in [0.1, 0.15) is 328 Å². The summed E-state index contributed by atoms with van der Waals surface area (Å²) in [6, 6.07) is -0.626. The summed E-state index contributed by atoms with van der Waals surface area (Å²) >= 11 is 0. The van der Waals surface area contributed by atoms with Crippen molar-refractivity contribution in [2.45, 2.75) is 341 Å². The van der Waals surface area contributed by atoms with Gasteiger partial charge in [0.25, 0.3) is 0 Å². The molecule has 386 valence electrons. The third-order valence-corrected chi connectivity index (χ3v) is 13.8. The van der Waals surface area contributed by atoms with Crippen molar-refractivity contribution in [2.24, 2.45) is 0 Å². The summed E-state index contributed by atoms with van der Waals surface area (Å²) in [7, 11) is 0. The van der Waals surface area contributed by atoms with Crippen molar-refractivity contribution < 1.29 is 24.5 Å². The molecule has 2 atom stereocenters. The van der Waals surface area contributed by atoms with Crippen LogP contribution in [0.4, 0.5) is 0 Å². The van der Waals surface area contributed by atoms with E-state index in [0.717, 1.165) is 38.5 Å². The molecule has 0 heterocycles. The summed E-state index contributed by atoms with van der Waals surface area (Å²) in [5.41, 5.74) is 0. The van der Waals surface area contributed by atoms with Gasteiger partial charge in [-0.2, -0.15) is 0 Å². The molecule has 6 heteroatoms. The van der Waals surface area contributed by atoms with Gasteiger partial charge in [-0.3, -0.25) is 9.59 Å². The van der Waals surface area contributed by atoms with Crippen LogP contribution >= 0.6 is 0 Å². The summed E-state index contributed by atoms with van der Waals surface area (Å²) in [6.45, 7) is 4.91. The summed E-state index contributed by atoms with van der Waals surface area (Å²) in [4.78, 5) is 24.5. The Morgan fingerprint density at radius 1 is 0.415 bits per heavy atom. The highest BCUT2D eigenvalue weighted by atomic mass is 16.5. The number of esters is 1. The molecule has 1 amide bonds. The van der Waals surface area contributed by atoms with Gasteiger partial charge < -0.3 is 20.3 Å². The van der Waals surface area contributed by atoms with Gasteiger partial charge in [0.15, 0.2) is 0 Å². The number of unbranched alkanes of at least 4 members (excludes halogenated alkanes) is 44. The Hall–Kier alpha value is -1.40. The lowest BCUT2D eigenvalue weighted by Crippen LogP contribution is -2.45. The van der Waals surface area contributed by atoms with E-state index in [4.69, 9.17) is 4.74 Å². The van der Waals surface area contributed by atoms with Crippen molar-refractivity contribution in [3.8, 4) is 0 Å². The second-order valence-electron chi connectivity index (χ2n) is 20.3. The van der Waals surface area contributed by atoms with Crippen molar-refractivity contribution in [3.05, 3.63) is 12.2 Å². The van der Waals surface area contributed by atoms with Crippen LogP contribution in [0.2, 0.25) is 0 Å². The minimum atomic E-state index is -0.843. The highest BCUT2D eigenvalue weighted by Gasteiger charge is 2.18. The van der Waals surface area contributed by atoms with E-state index in [0.29, 0.717) is 19.4 Å². The molecule has 0 spiro atoms. The maximum Gasteiger partial charge on any atom is 0.305 e. The molecule has 0 aromatic rings. The standard InChI is InChI=1S/C59H115NO5/c1-3-5-7-9-11-13-15-17-25-29-33-37-41-45-49-53-59(64)65-54-50-46-42-38-34-30-27-24-22-20-18-19-21-23-26-28-32-36-40-44-48-52-58(63)60-56(55-61)57(62)51-47-43-39-35-31-16-14-12-10-8-6-4-2/h47,51,56-57,61-62H,3-46,48-50,52-55H2,1-2H3,(H,60,63)/b51-47+. The van der Waals surface area contributed by atoms with E-state index in [1.165, 1.54) is 263 Å². The zero-order chi connectivity index (χ0) is 47.2. The van der Waals surface area contributed by atoms with E-state index in [2.05, 4.69) is 19.2 Å². The monoisotopic (exact) mass is 918 g/mol. The van der Waals surface area contributed by atoms with E-state index < -0.39 is 12.1 Å². The molecule has 0 radical (unpaired) electrons. The van der Waals surface area contributed by atoms with Gasteiger partial charge >= 0.3 is 5.97 Å². The molecule has 2 unspecified atom stereocenters. The van der Waals surface area contributed by atoms with Crippen molar-refractivity contribution in [1.82, 2.24) is 5.32 Å². The van der Waals surface area contributed by atoms with Crippen LogP contribution < -0.4 is 5.32 Å². The van der Waals surface area contributed by atoms with Gasteiger partial charge in [0.2, 0.25) is 5.91 Å². The molecule has 0 aromatic heterocycles. The zero-order valence-electron chi connectivity index (χ0n) is 44.0. The van der Waals surface area contributed by atoms with Gasteiger partial charge in [-0.15, -0.1) is 0 Å². The number of rotatable bonds is 55. The van der Waals surface area contributed by atoms with Crippen LogP contribution in [0.25, 0.3) is 0 Å². The topological polar surface area (TPSA) is 95.9 Å². The predicted molar refractivity (Wildman–Crippen MR) is 283 cm³/mol. The number of hydrogen-bond donors (Lipinski definition) is 3. The minimum absolute atomic E-state index is 0.0146. The van der Waals surface area contributed by atoms with Crippen molar-refractivity contribution in [1.29, 1.82) is 0 Å². The third kappa shape index (κ3) is 51.8. The molecule has 0 bridgehead atoms. The predicted octanol–water partition coefficient (Wildman–Crippen LogP) is 18.1. The number of ether oxygens (including phenoxy) is 1. The largest absolute Gasteiger partial charge is 0.466 e. The number of carbonyl (C=O) groups is 2. The van der Waals surface area contributed by atoms with Crippen LogP contribution in [-0.2, 0) is 14.3 Å². The Balaban J connectivity index is 3.37. The number of aliphatic hydroxyl groups excluding tert-OH is 2. The molecule has 65 heavy (non-hydrogen) atoms. The van der Waals surface area contributed by atoms with E-state index in [-0.39, 0.29) is 18.5 Å². The highest BCUT2D eigenvalue weighted by molar-refractivity contribution is 5.76. The fourth-order valence-corrected chi connectivity index (χ4v) is 9.28. The minimum Gasteiger partial charge on any atom is -0.466 e. The second kappa shape index (κ2) is 55.2. The Bertz CT molecular complexity index is 970. The quantitative estimate of drug-likeness (QED) is 0.0321. The summed E-state index contributed by atoms with van der Waals surface area (Å²) in [6.07, 6.45) is 65.3. The average molecular weight is 919 g/mol. The molecule has 6 nitrogen and oxygen atoms in total. The third-order valence-electron chi connectivity index (χ3n) is 13.8. The molecular weight excluding hydrogens is 803 g/mol. The Kier molecular flexibility index (Phi) is 54.0. The molecule has 0 saturated heterocycles. The van der Waals surface area contributed by atoms with Crippen LogP contribution in [-0.4, -0.2) is 47.4 Å². The Morgan fingerprint density at radius 2 is 0.708 bits per heavy atom. The smallest absolute Gasteiger partial charge is 0.305 e. The van der Waals surface area contributed by atoms with Crippen LogP contribution in [0, 0.1) is 0 Å². The van der Waals surface area contributed by atoms with Crippen LogP contribution in [0.15, 0.2) is 12.2 Å². The van der Waals surface area contributed by atoms with E-state index >= 15 is 0 Å². The molecule has 0 aliphatic carbocycles. The first-order chi connectivity index (χ1) is 32.0. The first-order valence-electron chi connectivity index (χ1n) is 29.5. The van der Waals surface area contributed by atoms with Crippen molar-refractivity contribution in [2.75, 3.05) is 13.2 Å². The number of amides is 1. The van der Waals surface area contributed by atoms with Crippen molar-refractivity contribution in [3.63, 3.8) is 0 Å². The maximum atomic E-state index is 12.4. The molecule has 0 rings (SSSR count). The number of aliphatic hydroxyl groups is 2. The maximum absolute atomic E-state index is 12.4. The van der Waals surface area contributed by atoms with E-state index in [9.17, 15) is 19.8 Å². The van der Waals surface area contributed by atoms with Crippen LogP contribution in [0.3, 0.4) is 0 Å². The van der Waals surface area contributed by atoms with Crippen molar-refractivity contribution >= 4 is 11.9 Å². The first-order valence-corrected chi connectivity index (χ1v) is 29.5. The first kappa shape index (κ1) is 63.6. The normalized spacial score (nSPS) is 12.6. The number of allylic oxidation sites excluding steroid dienone is 1. The molecular formula is C59H115NO5. The number of nitrogens with one attached hydrogen (secondary N) is 1. The zero-order valence-corrected chi connectivity index (χ0v) is 44.0. The highest BCUT2D eigenvalue weighted by Crippen LogP contribution is 2.18. The average Bonchev–Trinajstić information content (AvgIpc) is 3.31. The molecule has 0 aliphatic heterocycles.